The average molecular weight is 379 g/mol. The first-order valence-electron chi connectivity index (χ1n) is 7.35. The highest BCUT2D eigenvalue weighted by Crippen LogP contribution is 2.33. The molecule has 0 aliphatic carbocycles. The summed E-state index contributed by atoms with van der Waals surface area (Å²) in [6.45, 7) is -0.0242. The second kappa shape index (κ2) is 6.37. The summed E-state index contributed by atoms with van der Waals surface area (Å²) in [4.78, 5) is -0.475. The molecule has 1 atom stereocenters. The number of rotatable bonds is 3. The maximum Gasteiger partial charge on any atom is 0.470 e. The van der Waals surface area contributed by atoms with E-state index >= 15 is 0 Å². The molecule has 0 radical (unpaired) electrons. The van der Waals surface area contributed by atoms with E-state index in [-0.39, 0.29) is 19.0 Å². The van der Waals surface area contributed by atoms with Gasteiger partial charge in [-0.05, 0) is 25.0 Å². The van der Waals surface area contributed by atoms with Crippen molar-refractivity contribution in [2.45, 2.75) is 29.8 Å². The van der Waals surface area contributed by atoms with Gasteiger partial charge >= 0.3 is 12.1 Å². The third kappa shape index (κ3) is 3.52. The van der Waals surface area contributed by atoms with Gasteiger partial charge in [0.05, 0.1) is 5.92 Å². The summed E-state index contributed by atoms with van der Waals surface area (Å²) in [5.41, 5.74) is 0. The Bertz CT molecular complexity index is 866. The SMILES string of the molecule is O=S(=O)(c1ccccc1F)N1CCCC(c2nnc(C(F)(F)F)o2)C1. The number of piperidine rings is 1. The van der Waals surface area contributed by atoms with E-state index in [9.17, 15) is 26.0 Å². The summed E-state index contributed by atoms with van der Waals surface area (Å²) < 4.78 is 82.3. The van der Waals surface area contributed by atoms with Crippen molar-refractivity contribution in [3.63, 3.8) is 0 Å². The monoisotopic (exact) mass is 379 g/mol. The van der Waals surface area contributed by atoms with Crippen LogP contribution in [0.2, 0.25) is 0 Å². The van der Waals surface area contributed by atoms with Gasteiger partial charge in [-0.2, -0.15) is 17.5 Å². The molecule has 3 rings (SSSR count). The largest absolute Gasteiger partial charge is 0.470 e. The molecular formula is C14H13F4N3O3S. The van der Waals surface area contributed by atoms with Crippen molar-refractivity contribution in [3.8, 4) is 0 Å². The summed E-state index contributed by atoms with van der Waals surface area (Å²) >= 11 is 0. The fourth-order valence-electron chi connectivity index (χ4n) is 2.67. The van der Waals surface area contributed by atoms with Gasteiger partial charge in [0.25, 0.3) is 0 Å². The van der Waals surface area contributed by atoms with E-state index in [1.807, 2.05) is 0 Å². The van der Waals surface area contributed by atoms with Gasteiger partial charge in [0, 0.05) is 13.1 Å². The smallest absolute Gasteiger partial charge is 0.417 e. The molecule has 25 heavy (non-hydrogen) atoms. The lowest BCUT2D eigenvalue weighted by molar-refractivity contribution is -0.157. The minimum absolute atomic E-state index is 0.132. The Morgan fingerprint density at radius 3 is 2.56 bits per heavy atom. The molecule has 1 unspecified atom stereocenters. The Morgan fingerprint density at radius 2 is 1.92 bits per heavy atom. The molecule has 1 aliphatic heterocycles. The zero-order valence-electron chi connectivity index (χ0n) is 12.7. The minimum atomic E-state index is -4.77. The van der Waals surface area contributed by atoms with Gasteiger partial charge in [-0.25, -0.2) is 12.8 Å². The highest BCUT2D eigenvalue weighted by atomic mass is 32.2. The van der Waals surface area contributed by atoms with Crippen LogP contribution in [0.1, 0.15) is 30.5 Å². The van der Waals surface area contributed by atoms with Crippen LogP contribution in [0.3, 0.4) is 0 Å². The van der Waals surface area contributed by atoms with E-state index in [0.29, 0.717) is 12.8 Å². The second-order valence-electron chi connectivity index (χ2n) is 5.58. The molecule has 0 amide bonds. The van der Waals surface area contributed by atoms with Crippen molar-refractivity contribution in [1.29, 1.82) is 0 Å². The van der Waals surface area contributed by atoms with Gasteiger partial charge in [0.15, 0.2) is 0 Å². The Balaban J connectivity index is 1.84. The number of alkyl halides is 3. The van der Waals surface area contributed by atoms with Crippen LogP contribution < -0.4 is 0 Å². The van der Waals surface area contributed by atoms with E-state index in [1.165, 1.54) is 12.1 Å². The number of nitrogens with zero attached hydrogens (tertiary/aromatic N) is 3. The fraction of sp³-hybridized carbons (Fsp3) is 0.429. The zero-order chi connectivity index (χ0) is 18.2. The molecule has 0 spiro atoms. The first-order valence-corrected chi connectivity index (χ1v) is 8.79. The molecule has 2 heterocycles. The molecule has 136 valence electrons. The van der Waals surface area contributed by atoms with Crippen molar-refractivity contribution in [3.05, 3.63) is 41.9 Å². The molecular weight excluding hydrogens is 366 g/mol. The van der Waals surface area contributed by atoms with Crippen LogP contribution >= 0.6 is 0 Å². The Hall–Kier alpha value is -2.01. The van der Waals surface area contributed by atoms with E-state index < -0.39 is 38.7 Å². The van der Waals surface area contributed by atoms with Crippen LogP contribution in [0.4, 0.5) is 17.6 Å². The van der Waals surface area contributed by atoms with Crippen molar-refractivity contribution in [2.24, 2.45) is 0 Å². The predicted octanol–water partition coefficient (Wildman–Crippen LogP) is 2.80. The molecule has 0 bridgehead atoms. The molecule has 1 aromatic heterocycles. The Morgan fingerprint density at radius 1 is 1.20 bits per heavy atom. The van der Waals surface area contributed by atoms with Crippen molar-refractivity contribution in [1.82, 2.24) is 14.5 Å². The van der Waals surface area contributed by atoms with Crippen molar-refractivity contribution in [2.75, 3.05) is 13.1 Å². The Labute approximate surface area is 140 Å². The van der Waals surface area contributed by atoms with Crippen LogP contribution in [0.25, 0.3) is 0 Å². The summed E-state index contributed by atoms with van der Waals surface area (Å²) in [7, 11) is -4.11. The summed E-state index contributed by atoms with van der Waals surface area (Å²) in [6, 6.07) is 4.93. The Kier molecular flexibility index (Phi) is 4.54. The van der Waals surface area contributed by atoms with E-state index in [1.54, 1.807) is 0 Å². The molecule has 1 saturated heterocycles. The quantitative estimate of drug-likeness (QED) is 0.767. The molecule has 1 fully saturated rings. The molecule has 0 N–H and O–H groups in total. The molecule has 1 aromatic carbocycles. The van der Waals surface area contributed by atoms with Crippen molar-refractivity contribution < 1.29 is 30.4 Å². The number of halogens is 4. The lowest BCUT2D eigenvalue weighted by Crippen LogP contribution is -2.39. The third-order valence-electron chi connectivity index (χ3n) is 3.87. The van der Waals surface area contributed by atoms with Crippen molar-refractivity contribution >= 4 is 10.0 Å². The molecule has 11 heteroatoms. The van der Waals surface area contributed by atoms with E-state index in [2.05, 4.69) is 14.6 Å². The van der Waals surface area contributed by atoms with Crippen LogP contribution in [0, 0.1) is 5.82 Å². The zero-order valence-corrected chi connectivity index (χ0v) is 13.5. The number of sulfonamides is 1. The summed E-state index contributed by atoms with van der Waals surface area (Å²) in [5.74, 6) is -3.32. The number of benzene rings is 1. The lowest BCUT2D eigenvalue weighted by atomic mass is 10.00. The predicted molar refractivity (Wildman–Crippen MR) is 76.4 cm³/mol. The second-order valence-corrected chi connectivity index (χ2v) is 7.48. The topological polar surface area (TPSA) is 76.3 Å². The van der Waals surface area contributed by atoms with Gasteiger partial charge in [0.2, 0.25) is 15.9 Å². The van der Waals surface area contributed by atoms with Crippen LogP contribution in [0.5, 0.6) is 0 Å². The number of hydrogen-bond acceptors (Lipinski definition) is 5. The summed E-state index contributed by atoms with van der Waals surface area (Å²) in [5, 5.41) is 6.33. The average Bonchev–Trinajstić information content (AvgIpc) is 3.05. The number of hydrogen-bond donors (Lipinski definition) is 0. The first kappa shape index (κ1) is 17.8. The highest BCUT2D eigenvalue weighted by molar-refractivity contribution is 7.89. The standard InChI is InChI=1S/C14H13F4N3O3S/c15-10-5-1-2-6-11(10)25(22,23)21-7-3-4-9(8-21)12-19-20-13(24-12)14(16,17)18/h1-2,5-6,9H,3-4,7-8H2. The molecule has 6 nitrogen and oxygen atoms in total. The fourth-order valence-corrected chi connectivity index (χ4v) is 4.26. The van der Waals surface area contributed by atoms with Gasteiger partial charge < -0.3 is 4.42 Å². The minimum Gasteiger partial charge on any atom is -0.417 e. The van der Waals surface area contributed by atoms with E-state index in [0.717, 1.165) is 16.4 Å². The highest BCUT2D eigenvalue weighted by Gasteiger charge is 2.40. The van der Waals surface area contributed by atoms with Gasteiger partial charge in [-0.1, -0.05) is 12.1 Å². The van der Waals surface area contributed by atoms with E-state index in [4.69, 9.17) is 0 Å². The van der Waals surface area contributed by atoms with Crippen LogP contribution in [0.15, 0.2) is 33.6 Å². The molecule has 2 aromatic rings. The maximum absolute atomic E-state index is 13.8. The molecule has 0 saturated carbocycles. The normalized spacial score (nSPS) is 19.9. The third-order valence-corrected chi connectivity index (χ3v) is 5.77. The van der Waals surface area contributed by atoms with Crippen LogP contribution in [-0.4, -0.2) is 36.0 Å². The maximum atomic E-state index is 13.8. The van der Waals surface area contributed by atoms with Crippen LogP contribution in [-0.2, 0) is 16.2 Å². The summed E-state index contributed by atoms with van der Waals surface area (Å²) in [6.07, 6.45) is -4.00. The van der Waals surface area contributed by atoms with Gasteiger partial charge in [-0.15, -0.1) is 10.2 Å². The number of aromatic nitrogens is 2. The van der Waals surface area contributed by atoms with Gasteiger partial charge in [0.1, 0.15) is 10.7 Å². The first-order chi connectivity index (χ1) is 11.7. The molecule has 1 aliphatic rings. The lowest BCUT2D eigenvalue weighted by Gasteiger charge is -2.30. The van der Waals surface area contributed by atoms with Gasteiger partial charge in [-0.3, -0.25) is 0 Å².